The predicted molar refractivity (Wildman–Crippen MR) is 80.2 cm³/mol. The molecule has 20 heavy (non-hydrogen) atoms. The van der Waals surface area contributed by atoms with Gasteiger partial charge in [-0.3, -0.25) is 4.79 Å². The van der Waals surface area contributed by atoms with Crippen LogP contribution in [0.15, 0.2) is 18.2 Å². The Bertz CT molecular complexity index is 518. The molecule has 0 bridgehead atoms. The number of halogens is 1. The van der Waals surface area contributed by atoms with Crippen LogP contribution >= 0.6 is 11.6 Å². The molecule has 1 aromatic carbocycles. The molecular weight excluding hydrogens is 274 g/mol. The van der Waals surface area contributed by atoms with E-state index in [1.165, 1.54) is 6.92 Å². The minimum absolute atomic E-state index is 0.0165. The summed E-state index contributed by atoms with van der Waals surface area (Å²) < 4.78 is 5.59. The molecule has 0 aliphatic carbocycles. The summed E-state index contributed by atoms with van der Waals surface area (Å²) in [5.41, 5.74) is 0.305. The Morgan fingerprint density at radius 1 is 1.40 bits per heavy atom. The lowest BCUT2D eigenvalue weighted by Gasteiger charge is -2.14. The van der Waals surface area contributed by atoms with Crippen LogP contribution in [0.2, 0.25) is 5.02 Å². The number of ether oxygens (including phenoxy) is 1. The van der Waals surface area contributed by atoms with Gasteiger partial charge in [0.15, 0.2) is 5.78 Å². The summed E-state index contributed by atoms with van der Waals surface area (Å²) in [4.78, 5) is 11.2. The lowest BCUT2D eigenvalue weighted by molar-refractivity contribution is 0.101. The summed E-state index contributed by atoms with van der Waals surface area (Å²) in [6.07, 6.45) is 2.66. The summed E-state index contributed by atoms with van der Waals surface area (Å²) in [7, 11) is 0. The zero-order valence-electron chi connectivity index (χ0n) is 12.2. The molecule has 0 N–H and O–H groups in total. The first-order chi connectivity index (χ1) is 9.35. The van der Waals surface area contributed by atoms with Crippen LogP contribution < -0.4 is 4.74 Å². The fourth-order valence-corrected chi connectivity index (χ4v) is 1.98. The molecule has 0 radical (unpaired) electrons. The van der Waals surface area contributed by atoms with E-state index in [4.69, 9.17) is 21.6 Å². The molecule has 0 spiro atoms. The number of nitrogens with zero attached hydrogens (tertiary/aromatic N) is 1. The van der Waals surface area contributed by atoms with E-state index < -0.39 is 0 Å². The van der Waals surface area contributed by atoms with E-state index in [1.807, 2.05) is 13.8 Å². The Kier molecular flexibility index (Phi) is 6.04. The first-order valence-corrected chi connectivity index (χ1v) is 7.08. The number of rotatable bonds is 7. The van der Waals surface area contributed by atoms with Gasteiger partial charge in [0.05, 0.1) is 23.1 Å². The van der Waals surface area contributed by atoms with E-state index in [-0.39, 0.29) is 11.2 Å². The molecule has 1 rings (SSSR count). The normalized spacial score (nSPS) is 10.9. The summed E-state index contributed by atoms with van der Waals surface area (Å²) in [6.45, 7) is 5.93. The van der Waals surface area contributed by atoms with Gasteiger partial charge in [0.2, 0.25) is 0 Å². The van der Waals surface area contributed by atoms with E-state index in [0.29, 0.717) is 22.9 Å². The molecule has 0 saturated heterocycles. The van der Waals surface area contributed by atoms with Crippen LogP contribution in [0.25, 0.3) is 0 Å². The second-order valence-corrected chi connectivity index (χ2v) is 5.91. The fraction of sp³-hybridized carbons (Fsp3) is 0.500. The van der Waals surface area contributed by atoms with Crippen molar-refractivity contribution in [2.75, 3.05) is 6.61 Å². The number of nitriles is 1. The van der Waals surface area contributed by atoms with Gasteiger partial charge in [0.25, 0.3) is 0 Å². The molecule has 108 valence electrons. The topological polar surface area (TPSA) is 50.1 Å². The van der Waals surface area contributed by atoms with Crippen molar-refractivity contribution in [3.05, 3.63) is 28.8 Å². The number of unbranched alkanes of at least 4 members (excludes halogenated alkanes) is 1. The number of benzene rings is 1. The summed E-state index contributed by atoms with van der Waals surface area (Å²) >= 11 is 6.06. The van der Waals surface area contributed by atoms with Gasteiger partial charge in [0.1, 0.15) is 5.75 Å². The van der Waals surface area contributed by atoms with E-state index in [0.717, 1.165) is 19.3 Å². The third-order valence-electron chi connectivity index (χ3n) is 3.09. The van der Waals surface area contributed by atoms with Gasteiger partial charge in [0, 0.05) is 5.56 Å². The Balaban J connectivity index is 2.40. The highest BCUT2D eigenvalue weighted by Gasteiger charge is 2.15. The molecule has 1 aromatic rings. The number of carbonyl (C=O) groups is 1. The average Bonchev–Trinajstić information content (AvgIpc) is 2.39. The molecule has 0 atom stereocenters. The standard InChI is InChI=1S/C16H20ClNO2/c1-12(19)13-6-7-15(14(17)10-13)20-9-5-4-8-16(2,3)11-18/h6-7,10H,4-5,8-9H2,1-3H3. The van der Waals surface area contributed by atoms with Gasteiger partial charge < -0.3 is 4.74 Å². The highest BCUT2D eigenvalue weighted by molar-refractivity contribution is 6.32. The monoisotopic (exact) mass is 293 g/mol. The molecule has 0 aliphatic heterocycles. The van der Waals surface area contributed by atoms with Crippen LogP contribution in [0.4, 0.5) is 0 Å². The maximum Gasteiger partial charge on any atom is 0.159 e. The van der Waals surface area contributed by atoms with Gasteiger partial charge in [-0.2, -0.15) is 5.26 Å². The third kappa shape index (κ3) is 5.22. The van der Waals surface area contributed by atoms with E-state index in [1.54, 1.807) is 18.2 Å². The van der Waals surface area contributed by atoms with Crippen LogP contribution in [0.1, 0.15) is 50.4 Å². The largest absolute Gasteiger partial charge is 0.492 e. The van der Waals surface area contributed by atoms with Crippen molar-refractivity contribution >= 4 is 17.4 Å². The zero-order valence-corrected chi connectivity index (χ0v) is 13.0. The van der Waals surface area contributed by atoms with Crippen LogP contribution in [-0.2, 0) is 0 Å². The van der Waals surface area contributed by atoms with Crippen LogP contribution in [0, 0.1) is 16.7 Å². The predicted octanol–water partition coefficient (Wildman–Crippen LogP) is 4.64. The van der Waals surface area contributed by atoms with E-state index in [2.05, 4.69) is 6.07 Å². The van der Waals surface area contributed by atoms with Crippen LogP contribution in [-0.4, -0.2) is 12.4 Å². The summed E-state index contributed by atoms with van der Waals surface area (Å²) in [5.74, 6) is 0.577. The van der Waals surface area contributed by atoms with E-state index in [9.17, 15) is 4.79 Å². The number of hydrogen-bond acceptors (Lipinski definition) is 3. The van der Waals surface area contributed by atoms with E-state index >= 15 is 0 Å². The molecule has 0 aliphatic rings. The lowest BCUT2D eigenvalue weighted by Crippen LogP contribution is -2.08. The second-order valence-electron chi connectivity index (χ2n) is 5.50. The average molecular weight is 294 g/mol. The number of carbonyl (C=O) groups excluding carboxylic acids is 1. The molecule has 3 nitrogen and oxygen atoms in total. The van der Waals surface area contributed by atoms with Crippen LogP contribution in [0.3, 0.4) is 0 Å². The second kappa shape index (κ2) is 7.31. The van der Waals surface area contributed by atoms with Crippen molar-refractivity contribution < 1.29 is 9.53 Å². The van der Waals surface area contributed by atoms with Crippen LogP contribution in [0.5, 0.6) is 5.75 Å². The van der Waals surface area contributed by atoms with Crippen molar-refractivity contribution in [1.29, 1.82) is 5.26 Å². The molecule has 0 aromatic heterocycles. The number of ketones is 1. The Morgan fingerprint density at radius 3 is 2.65 bits per heavy atom. The van der Waals surface area contributed by atoms with Crippen molar-refractivity contribution in [1.82, 2.24) is 0 Å². The third-order valence-corrected chi connectivity index (χ3v) is 3.39. The van der Waals surface area contributed by atoms with Crippen molar-refractivity contribution in [2.45, 2.75) is 40.0 Å². The number of hydrogen-bond donors (Lipinski definition) is 0. The molecular formula is C16H20ClNO2. The first-order valence-electron chi connectivity index (χ1n) is 6.70. The molecule has 0 fully saturated rings. The molecule has 0 heterocycles. The minimum atomic E-state index is -0.277. The highest BCUT2D eigenvalue weighted by atomic mass is 35.5. The zero-order chi connectivity index (χ0) is 15.2. The fourth-order valence-electron chi connectivity index (χ4n) is 1.74. The lowest BCUT2D eigenvalue weighted by atomic mass is 9.89. The van der Waals surface area contributed by atoms with Gasteiger partial charge in [-0.15, -0.1) is 0 Å². The van der Waals surface area contributed by atoms with Gasteiger partial charge in [-0.1, -0.05) is 11.6 Å². The highest BCUT2D eigenvalue weighted by Crippen LogP contribution is 2.26. The Labute approximate surface area is 125 Å². The van der Waals surface area contributed by atoms with Gasteiger partial charge >= 0.3 is 0 Å². The maximum atomic E-state index is 11.2. The first kappa shape index (κ1) is 16.5. The summed E-state index contributed by atoms with van der Waals surface area (Å²) in [5, 5.41) is 9.36. The molecule has 0 unspecified atom stereocenters. The van der Waals surface area contributed by atoms with Gasteiger partial charge in [-0.25, -0.2) is 0 Å². The molecule has 0 amide bonds. The quantitative estimate of drug-likeness (QED) is 0.543. The van der Waals surface area contributed by atoms with Crippen molar-refractivity contribution in [2.24, 2.45) is 5.41 Å². The smallest absolute Gasteiger partial charge is 0.159 e. The Hall–Kier alpha value is -1.53. The summed E-state index contributed by atoms with van der Waals surface area (Å²) in [6, 6.07) is 7.34. The maximum absolute atomic E-state index is 11.2. The molecule has 0 saturated carbocycles. The van der Waals surface area contributed by atoms with Gasteiger partial charge in [-0.05, 0) is 58.2 Å². The van der Waals surface area contributed by atoms with Crippen molar-refractivity contribution in [3.63, 3.8) is 0 Å². The Morgan fingerprint density at radius 2 is 2.10 bits per heavy atom. The van der Waals surface area contributed by atoms with Crippen molar-refractivity contribution in [3.8, 4) is 11.8 Å². The minimum Gasteiger partial charge on any atom is -0.492 e. The SMILES string of the molecule is CC(=O)c1ccc(OCCCCC(C)(C)C#N)c(Cl)c1. The molecule has 4 heteroatoms. The number of Topliss-reactive ketones (excluding diaryl/α,β-unsaturated/α-hetero) is 1.